The zero-order valence-electron chi connectivity index (χ0n) is 19.3. The highest BCUT2D eigenvalue weighted by atomic mass is 16.3. The van der Waals surface area contributed by atoms with Crippen molar-refractivity contribution in [3.05, 3.63) is 29.3 Å². The minimum absolute atomic E-state index is 0.0300. The van der Waals surface area contributed by atoms with Gasteiger partial charge in [-0.15, -0.1) is 0 Å². The standard InChI is InChI=1S/C24H37N3O5/c1-24(2,3)13-27(23(32)20(29)12-28)10-9-15-18(11-14-7-8-19(15)26-14)16-5-4-6-17(21(16)30)22(25)31/h4-6,14-15,18-20,26,28-30H,7-13H2,1-3H3,(H2,25,31)/t14?,15?,18?,19?,20-/m0/s1. The number of nitrogens with two attached hydrogens (primary N) is 1. The average Bonchev–Trinajstić information content (AvgIpc) is 3.11. The summed E-state index contributed by atoms with van der Waals surface area (Å²) in [4.78, 5) is 26.1. The van der Waals surface area contributed by atoms with Crippen LogP contribution in [0.2, 0.25) is 0 Å². The molecule has 2 heterocycles. The molecule has 0 spiro atoms. The zero-order chi connectivity index (χ0) is 23.6. The molecule has 2 aliphatic heterocycles. The first-order valence-corrected chi connectivity index (χ1v) is 11.5. The molecule has 8 heteroatoms. The Bertz CT molecular complexity index is 837. The van der Waals surface area contributed by atoms with E-state index in [1.165, 1.54) is 6.07 Å². The fourth-order valence-electron chi connectivity index (χ4n) is 5.39. The quantitative estimate of drug-likeness (QED) is 0.408. The number of carbonyl (C=O) groups is 2. The maximum Gasteiger partial charge on any atom is 0.253 e. The lowest BCUT2D eigenvalue weighted by atomic mass is 9.74. The van der Waals surface area contributed by atoms with Gasteiger partial charge in [0.25, 0.3) is 11.8 Å². The molecule has 0 aliphatic carbocycles. The molecule has 0 aromatic heterocycles. The Kier molecular flexibility index (Phi) is 7.47. The third-order valence-corrected chi connectivity index (χ3v) is 6.75. The normalized spacial score (nSPS) is 26.0. The van der Waals surface area contributed by atoms with E-state index < -0.39 is 24.5 Å². The van der Waals surface area contributed by atoms with Gasteiger partial charge in [-0.25, -0.2) is 0 Å². The summed E-state index contributed by atoms with van der Waals surface area (Å²) in [6.07, 6.45) is 2.17. The Morgan fingerprint density at radius 1 is 1.28 bits per heavy atom. The summed E-state index contributed by atoms with van der Waals surface area (Å²) in [5.74, 6) is -0.996. The number of hydrogen-bond acceptors (Lipinski definition) is 6. The molecule has 178 valence electrons. The second-order valence-corrected chi connectivity index (χ2v) is 10.5. The van der Waals surface area contributed by atoms with E-state index in [-0.39, 0.29) is 34.6 Å². The number of carbonyl (C=O) groups excluding carboxylic acids is 2. The van der Waals surface area contributed by atoms with E-state index in [1.54, 1.807) is 11.0 Å². The molecule has 2 amide bonds. The lowest BCUT2D eigenvalue weighted by molar-refractivity contribution is -0.143. The Balaban J connectivity index is 1.85. The summed E-state index contributed by atoms with van der Waals surface area (Å²) >= 11 is 0. The fourth-order valence-corrected chi connectivity index (χ4v) is 5.39. The molecule has 0 radical (unpaired) electrons. The van der Waals surface area contributed by atoms with Gasteiger partial charge in [0, 0.05) is 25.2 Å². The van der Waals surface area contributed by atoms with Crippen molar-refractivity contribution in [2.45, 2.75) is 70.6 Å². The van der Waals surface area contributed by atoms with Crippen LogP contribution in [0.4, 0.5) is 0 Å². The summed E-state index contributed by atoms with van der Waals surface area (Å²) in [7, 11) is 0. The molecule has 8 nitrogen and oxygen atoms in total. The Morgan fingerprint density at radius 3 is 2.62 bits per heavy atom. The van der Waals surface area contributed by atoms with Crippen LogP contribution in [-0.2, 0) is 4.79 Å². The highest BCUT2D eigenvalue weighted by molar-refractivity contribution is 5.96. The molecule has 6 N–H and O–H groups in total. The van der Waals surface area contributed by atoms with Crippen LogP contribution >= 0.6 is 0 Å². The van der Waals surface area contributed by atoms with Gasteiger partial charge < -0.3 is 31.3 Å². The number of amides is 2. The van der Waals surface area contributed by atoms with Gasteiger partial charge in [0.1, 0.15) is 5.75 Å². The van der Waals surface area contributed by atoms with Crippen molar-refractivity contribution in [3.63, 3.8) is 0 Å². The summed E-state index contributed by atoms with van der Waals surface area (Å²) in [6.45, 7) is 6.37. The number of hydrogen-bond donors (Lipinski definition) is 5. The highest BCUT2D eigenvalue weighted by Crippen LogP contribution is 2.46. The van der Waals surface area contributed by atoms with Gasteiger partial charge >= 0.3 is 0 Å². The van der Waals surface area contributed by atoms with Crippen LogP contribution in [0.15, 0.2) is 18.2 Å². The van der Waals surface area contributed by atoms with E-state index in [0.29, 0.717) is 25.6 Å². The SMILES string of the molecule is CC(C)(C)CN(CCC1C2CCC(CC1c1cccc(C(N)=O)c1O)N2)C(=O)[C@@H](O)CO. The van der Waals surface area contributed by atoms with Crippen molar-refractivity contribution >= 4 is 11.8 Å². The number of phenols is 1. The first-order chi connectivity index (χ1) is 15.0. The van der Waals surface area contributed by atoms with Gasteiger partial charge in [-0.2, -0.15) is 0 Å². The number of nitrogens with zero attached hydrogens (tertiary/aromatic N) is 1. The van der Waals surface area contributed by atoms with Crippen molar-refractivity contribution in [2.24, 2.45) is 17.1 Å². The molecular weight excluding hydrogens is 410 g/mol. The predicted molar refractivity (Wildman–Crippen MR) is 121 cm³/mol. The van der Waals surface area contributed by atoms with E-state index in [4.69, 9.17) is 5.73 Å². The molecule has 2 aliphatic rings. The van der Waals surface area contributed by atoms with Crippen LogP contribution in [0.25, 0.3) is 0 Å². The number of aliphatic hydroxyl groups excluding tert-OH is 2. The van der Waals surface area contributed by atoms with Crippen molar-refractivity contribution < 1.29 is 24.9 Å². The van der Waals surface area contributed by atoms with Crippen molar-refractivity contribution in [1.29, 1.82) is 0 Å². The first kappa shape index (κ1) is 24.5. The van der Waals surface area contributed by atoms with Crippen LogP contribution in [0.5, 0.6) is 5.75 Å². The van der Waals surface area contributed by atoms with Crippen molar-refractivity contribution in [1.82, 2.24) is 10.2 Å². The third kappa shape index (κ3) is 5.42. The number of aliphatic hydroxyl groups is 2. The summed E-state index contributed by atoms with van der Waals surface area (Å²) in [6, 6.07) is 5.76. The Morgan fingerprint density at radius 2 is 2.00 bits per heavy atom. The van der Waals surface area contributed by atoms with E-state index in [0.717, 1.165) is 24.8 Å². The summed E-state index contributed by atoms with van der Waals surface area (Å²) < 4.78 is 0. The van der Waals surface area contributed by atoms with Crippen LogP contribution in [-0.4, -0.2) is 69.9 Å². The largest absolute Gasteiger partial charge is 0.507 e. The molecule has 2 fully saturated rings. The molecule has 1 aromatic carbocycles. The van der Waals surface area contributed by atoms with Gasteiger partial charge in [0.2, 0.25) is 0 Å². The van der Waals surface area contributed by atoms with E-state index in [9.17, 15) is 24.9 Å². The predicted octanol–water partition coefficient (Wildman–Crippen LogP) is 1.33. The summed E-state index contributed by atoms with van der Waals surface area (Å²) in [5.41, 5.74) is 6.14. The molecule has 32 heavy (non-hydrogen) atoms. The Hall–Kier alpha value is -2.16. The van der Waals surface area contributed by atoms with Gasteiger partial charge in [-0.05, 0) is 54.6 Å². The number of para-hydroxylation sites is 1. The maximum absolute atomic E-state index is 12.7. The number of primary amides is 1. The molecule has 2 saturated heterocycles. The van der Waals surface area contributed by atoms with E-state index in [2.05, 4.69) is 5.32 Å². The smallest absolute Gasteiger partial charge is 0.253 e. The van der Waals surface area contributed by atoms with Gasteiger partial charge in [-0.1, -0.05) is 32.9 Å². The number of piperidine rings is 1. The van der Waals surface area contributed by atoms with Gasteiger partial charge in [0.15, 0.2) is 6.10 Å². The van der Waals surface area contributed by atoms with Gasteiger partial charge in [-0.3, -0.25) is 9.59 Å². The minimum Gasteiger partial charge on any atom is -0.507 e. The van der Waals surface area contributed by atoms with E-state index in [1.807, 2.05) is 26.8 Å². The third-order valence-electron chi connectivity index (χ3n) is 6.75. The molecule has 0 saturated carbocycles. The number of nitrogens with one attached hydrogen (secondary N) is 1. The monoisotopic (exact) mass is 447 g/mol. The average molecular weight is 448 g/mol. The van der Waals surface area contributed by atoms with Crippen LogP contribution < -0.4 is 11.1 Å². The molecule has 5 atom stereocenters. The van der Waals surface area contributed by atoms with Crippen LogP contribution in [0.3, 0.4) is 0 Å². The zero-order valence-corrected chi connectivity index (χ0v) is 19.3. The van der Waals surface area contributed by atoms with E-state index >= 15 is 0 Å². The maximum atomic E-state index is 12.7. The van der Waals surface area contributed by atoms with Gasteiger partial charge in [0.05, 0.1) is 12.2 Å². The topological polar surface area (TPSA) is 136 Å². The summed E-state index contributed by atoms with van der Waals surface area (Å²) in [5, 5.41) is 33.7. The second-order valence-electron chi connectivity index (χ2n) is 10.5. The number of aromatic hydroxyl groups is 1. The highest BCUT2D eigenvalue weighted by Gasteiger charge is 2.43. The number of benzene rings is 1. The number of fused-ring (bicyclic) bond motifs is 2. The lowest BCUT2D eigenvalue weighted by Crippen LogP contribution is -2.48. The lowest BCUT2D eigenvalue weighted by Gasteiger charge is -2.40. The second kappa shape index (κ2) is 9.77. The molecular formula is C24H37N3O5. The minimum atomic E-state index is -1.43. The van der Waals surface area contributed by atoms with Crippen molar-refractivity contribution in [3.8, 4) is 5.75 Å². The van der Waals surface area contributed by atoms with Crippen LogP contribution in [0, 0.1) is 11.3 Å². The Labute approximate surface area is 189 Å². The number of rotatable bonds is 8. The fraction of sp³-hybridized carbons (Fsp3) is 0.667. The van der Waals surface area contributed by atoms with Crippen molar-refractivity contribution in [2.75, 3.05) is 19.7 Å². The molecule has 3 rings (SSSR count). The molecule has 2 bridgehead atoms. The first-order valence-electron chi connectivity index (χ1n) is 11.5. The molecule has 1 aromatic rings. The molecule has 4 unspecified atom stereocenters. The van der Waals surface area contributed by atoms with Crippen LogP contribution in [0.1, 0.15) is 68.3 Å².